The second-order valence-electron chi connectivity index (χ2n) is 5.89. The lowest BCUT2D eigenvalue weighted by Crippen LogP contribution is -2.34. The Hall–Kier alpha value is -3.09. The molecule has 7 nitrogen and oxygen atoms in total. The first kappa shape index (κ1) is 16.8. The molecular weight excluding hydrogens is 322 g/mol. The Labute approximate surface area is 145 Å². The van der Waals surface area contributed by atoms with Crippen LogP contribution in [0.4, 0.5) is 11.4 Å². The number of amides is 3. The SMILES string of the molecule is CN(CC(=O)Nc1cccc(N2CCCC2=O)c1)C(=O)c1ccco1. The van der Waals surface area contributed by atoms with Crippen LogP contribution in [0.1, 0.15) is 23.4 Å². The first-order chi connectivity index (χ1) is 12.0. The Bertz CT molecular complexity index is 785. The second kappa shape index (κ2) is 7.21. The van der Waals surface area contributed by atoms with Crippen LogP contribution >= 0.6 is 0 Å². The molecule has 1 aromatic heterocycles. The van der Waals surface area contributed by atoms with Gasteiger partial charge in [0, 0.05) is 31.4 Å². The first-order valence-corrected chi connectivity index (χ1v) is 8.04. The van der Waals surface area contributed by atoms with Gasteiger partial charge in [0.1, 0.15) is 0 Å². The molecule has 130 valence electrons. The Kier molecular flexibility index (Phi) is 4.83. The molecule has 1 aliphatic heterocycles. The van der Waals surface area contributed by atoms with E-state index in [2.05, 4.69) is 5.32 Å². The van der Waals surface area contributed by atoms with E-state index in [1.807, 2.05) is 6.07 Å². The fraction of sp³-hybridized carbons (Fsp3) is 0.278. The number of nitrogens with one attached hydrogen (secondary N) is 1. The minimum Gasteiger partial charge on any atom is -0.459 e. The van der Waals surface area contributed by atoms with E-state index in [1.54, 1.807) is 35.2 Å². The lowest BCUT2D eigenvalue weighted by Gasteiger charge is -2.18. The van der Waals surface area contributed by atoms with Crippen molar-refractivity contribution in [2.75, 3.05) is 30.4 Å². The fourth-order valence-corrected chi connectivity index (χ4v) is 2.75. The molecule has 1 aliphatic rings. The highest BCUT2D eigenvalue weighted by molar-refractivity contribution is 5.99. The van der Waals surface area contributed by atoms with Crippen LogP contribution in [0.15, 0.2) is 47.1 Å². The van der Waals surface area contributed by atoms with Crippen molar-refractivity contribution in [2.24, 2.45) is 0 Å². The lowest BCUT2D eigenvalue weighted by atomic mass is 10.2. The molecule has 1 aromatic carbocycles. The molecule has 25 heavy (non-hydrogen) atoms. The molecule has 0 unspecified atom stereocenters. The Morgan fingerprint density at radius 2 is 2.12 bits per heavy atom. The van der Waals surface area contributed by atoms with Gasteiger partial charge in [-0.05, 0) is 36.8 Å². The van der Waals surface area contributed by atoms with Crippen LogP contribution in [-0.4, -0.2) is 42.8 Å². The summed E-state index contributed by atoms with van der Waals surface area (Å²) in [7, 11) is 1.53. The highest BCUT2D eigenvalue weighted by Crippen LogP contribution is 2.24. The van der Waals surface area contributed by atoms with Crippen molar-refractivity contribution in [1.82, 2.24) is 4.90 Å². The smallest absolute Gasteiger partial charge is 0.289 e. The van der Waals surface area contributed by atoms with Gasteiger partial charge in [-0.15, -0.1) is 0 Å². The number of hydrogen-bond acceptors (Lipinski definition) is 4. The number of rotatable bonds is 5. The van der Waals surface area contributed by atoms with E-state index in [9.17, 15) is 14.4 Å². The molecule has 0 atom stereocenters. The van der Waals surface area contributed by atoms with Gasteiger partial charge in [-0.3, -0.25) is 14.4 Å². The molecule has 0 spiro atoms. The lowest BCUT2D eigenvalue weighted by molar-refractivity contribution is -0.117. The molecule has 7 heteroatoms. The zero-order chi connectivity index (χ0) is 17.8. The van der Waals surface area contributed by atoms with Crippen molar-refractivity contribution in [3.8, 4) is 0 Å². The quantitative estimate of drug-likeness (QED) is 0.903. The van der Waals surface area contributed by atoms with Gasteiger partial charge in [-0.2, -0.15) is 0 Å². The van der Waals surface area contributed by atoms with Gasteiger partial charge in [0.05, 0.1) is 12.8 Å². The van der Waals surface area contributed by atoms with Crippen LogP contribution in [0.2, 0.25) is 0 Å². The third-order valence-electron chi connectivity index (χ3n) is 3.97. The number of benzene rings is 1. The number of hydrogen-bond donors (Lipinski definition) is 1. The largest absolute Gasteiger partial charge is 0.459 e. The maximum atomic E-state index is 12.2. The van der Waals surface area contributed by atoms with Gasteiger partial charge in [-0.25, -0.2) is 0 Å². The van der Waals surface area contributed by atoms with Crippen molar-refractivity contribution in [3.63, 3.8) is 0 Å². The van der Waals surface area contributed by atoms with Crippen molar-refractivity contribution >= 4 is 29.1 Å². The summed E-state index contributed by atoms with van der Waals surface area (Å²) in [6, 6.07) is 10.3. The summed E-state index contributed by atoms with van der Waals surface area (Å²) >= 11 is 0. The number of carbonyl (C=O) groups excluding carboxylic acids is 3. The molecule has 1 fully saturated rings. The van der Waals surface area contributed by atoms with E-state index in [-0.39, 0.29) is 30.0 Å². The summed E-state index contributed by atoms with van der Waals surface area (Å²) < 4.78 is 5.04. The molecule has 0 aliphatic carbocycles. The minimum absolute atomic E-state index is 0.0901. The van der Waals surface area contributed by atoms with E-state index in [0.717, 1.165) is 12.1 Å². The predicted octanol–water partition coefficient (Wildman–Crippen LogP) is 2.12. The van der Waals surface area contributed by atoms with Crippen LogP contribution in [0.3, 0.4) is 0 Å². The van der Waals surface area contributed by atoms with Crippen molar-refractivity contribution in [1.29, 1.82) is 0 Å². The molecule has 1 N–H and O–H groups in total. The summed E-state index contributed by atoms with van der Waals surface area (Å²) in [5, 5.41) is 2.75. The zero-order valence-corrected chi connectivity index (χ0v) is 13.9. The summed E-state index contributed by atoms with van der Waals surface area (Å²) in [5.74, 6) is -0.416. The maximum Gasteiger partial charge on any atom is 0.289 e. The Morgan fingerprint density at radius 3 is 2.80 bits per heavy atom. The zero-order valence-electron chi connectivity index (χ0n) is 13.9. The summed E-state index contributed by atoms with van der Waals surface area (Å²) in [6.07, 6.45) is 2.80. The monoisotopic (exact) mass is 341 g/mol. The second-order valence-corrected chi connectivity index (χ2v) is 5.89. The summed E-state index contributed by atoms with van der Waals surface area (Å²) in [6.45, 7) is 0.586. The summed E-state index contributed by atoms with van der Waals surface area (Å²) in [5.41, 5.74) is 1.35. The minimum atomic E-state index is -0.364. The number of likely N-dealkylation sites (N-methyl/N-ethyl adjacent to an activating group) is 1. The van der Waals surface area contributed by atoms with Gasteiger partial charge in [0.15, 0.2) is 5.76 Å². The molecule has 0 radical (unpaired) electrons. The normalized spacial score (nSPS) is 13.8. The number of anilines is 2. The van der Waals surface area contributed by atoms with Gasteiger partial charge in [0.2, 0.25) is 11.8 Å². The highest BCUT2D eigenvalue weighted by Gasteiger charge is 2.22. The maximum absolute atomic E-state index is 12.2. The molecule has 2 heterocycles. The van der Waals surface area contributed by atoms with E-state index >= 15 is 0 Å². The van der Waals surface area contributed by atoms with Gasteiger partial charge in [-0.1, -0.05) is 6.07 Å². The van der Waals surface area contributed by atoms with Crippen LogP contribution < -0.4 is 10.2 Å². The van der Waals surface area contributed by atoms with Crippen molar-refractivity contribution in [3.05, 3.63) is 48.4 Å². The van der Waals surface area contributed by atoms with Gasteiger partial charge in [0.25, 0.3) is 5.91 Å². The number of carbonyl (C=O) groups is 3. The average Bonchev–Trinajstić information content (AvgIpc) is 3.25. The van der Waals surface area contributed by atoms with E-state index in [1.165, 1.54) is 18.2 Å². The van der Waals surface area contributed by atoms with E-state index in [0.29, 0.717) is 18.7 Å². The van der Waals surface area contributed by atoms with E-state index < -0.39 is 0 Å². The first-order valence-electron chi connectivity index (χ1n) is 8.04. The molecule has 2 aromatic rings. The van der Waals surface area contributed by atoms with Crippen molar-refractivity contribution < 1.29 is 18.8 Å². The Balaban J connectivity index is 1.61. The van der Waals surface area contributed by atoms with Gasteiger partial charge >= 0.3 is 0 Å². The van der Waals surface area contributed by atoms with Crippen molar-refractivity contribution in [2.45, 2.75) is 12.8 Å². The molecule has 3 rings (SSSR count). The predicted molar refractivity (Wildman–Crippen MR) is 92.3 cm³/mol. The molecule has 0 saturated carbocycles. The highest BCUT2D eigenvalue weighted by atomic mass is 16.3. The topological polar surface area (TPSA) is 82.9 Å². The molecule has 3 amide bonds. The molecular formula is C18H19N3O4. The van der Waals surface area contributed by atoms with Crippen LogP contribution in [0, 0.1) is 0 Å². The average molecular weight is 341 g/mol. The number of furan rings is 1. The standard InChI is InChI=1S/C18H19N3O4/c1-20(18(24)15-7-4-10-25-15)12-16(22)19-13-5-2-6-14(11-13)21-9-3-8-17(21)23/h2,4-7,10-11H,3,8-9,12H2,1H3,(H,19,22). The third-order valence-corrected chi connectivity index (χ3v) is 3.97. The molecule has 0 bridgehead atoms. The third kappa shape index (κ3) is 3.88. The van der Waals surface area contributed by atoms with Crippen LogP contribution in [0.25, 0.3) is 0 Å². The van der Waals surface area contributed by atoms with Gasteiger partial charge < -0.3 is 19.5 Å². The summed E-state index contributed by atoms with van der Waals surface area (Å²) in [4.78, 5) is 39.1. The van der Waals surface area contributed by atoms with Crippen LogP contribution in [0.5, 0.6) is 0 Å². The Morgan fingerprint density at radius 1 is 1.28 bits per heavy atom. The van der Waals surface area contributed by atoms with Crippen LogP contribution in [-0.2, 0) is 9.59 Å². The fourth-order valence-electron chi connectivity index (χ4n) is 2.75. The number of nitrogens with zero attached hydrogens (tertiary/aromatic N) is 2. The van der Waals surface area contributed by atoms with E-state index in [4.69, 9.17) is 4.42 Å². The molecule has 1 saturated heterocycles.